The third-order valence-corrected chi connectivity index (χ3v) is 3.81. The number of ether oxygens (including phenoxy) is 1. The lowest BCUT2D eigenvalue weighted by Crippen LogP contribution is -2.21. The van der Waals surface area contributed by atoms with Crippen LogP contribution < -0.4 is 10.1 Å². The Morgan fingerprint density at radius 3 is 2.44 bits per heavy atom. The predicted molar refractivity (Wildman–Crippen MR) is 94.5 cm³/mol. The zero-order valence-electron chi connectivity index (χ0n) is 14.4. The van der Waals surface area contributed by atoms with Crippen molar-refractivity contribution in [3.63, 3.8) is 0 Å². The number of para-hydroxylation sites is 1. The highest BCUT2D eigenvalue weighted by molar-refractivity contribution is 5.90. The number of nitrogens with one attached hydrogen (secondary N) is 1. The molecule has 0 aliphatic carbocycles. The number of carbonyl (C=O) groups excluding carboxylic acids is 1. The highest BCUT2D eigenvalue weighted by atomic mass is 16.5. The summed E-state index contributed by atoms with van der Waals surface area (Å²) < 4.78 is 10.8. The van der Waals surface area contributed by atoms with Gasteiger partial charge in [0.25, 0.3) is 17.7 Å². The van der Waals surface area contributed by atoms with Gasteiger partial charge in [-0.2, -0.15) is 4.98 Å². The minimum Gasteiger partial charge on any atom is -0.483 e. The number of benzene rings is 2. The molecule has 0 spiro atoms. The number of hydrogen-bond donors (Lipinski definition) is 1. The lowest BCUT2D eigenvalue weighted by atomic mass is 10.1. The topological polar surface area (TPSA) is 77.2 Å². The summed E-state index contributed by atoms with van der Waals surface area (Å²) in [5, 5.41) is 6.37. The minimum atomic E-state index is -0.347. The first-order chi connectivity index (χ1) is 12.0. The van der Waals surface area contributed by atoms with Crippen LogP contribution in [0.5, 0.6) is 5.75 Å². The molecule has 128 valence electrons. The molecule has 0 bridgehead atoms. The van der Waals surface area contributed by atoms with Crippen molar-refractivity contribution in [1.29, 1.82) is 0 Å². The molecule has 0 aliphatic heterocycles. The second-order valence-corrected chi connectivity index (χ2v) is 5.80. The Kier molecular flexibility index (Phi) is 4.79. The van der Waals surface area contributed by atoms with Crippen LogP contribution in [0.4, 0.5) is 5.95 Å². The summed E-state index contributed by atoms with van der Waals surface area (Å²) in [4.78, 5) is 16.3. The van der Waals surface area contributed by atoms with E-state index in [9.17, 15) is 4.79 Å². The average Bonchev–Trinajstić information content (AvgIpc) is 3.03. The molecule has 0 saturated heterocycles. The van der Waals surface area contributed by atoms with Crippen molar-refractivity contribution in [1.82, 2.24) is 10.1 Å². The monoisotopic (exact) mass is 337 g/mol. The lowest BCUT2D eigenvalue weighted by molar-refractivity contribution is -0.118. The van der Waals surface area contributed by atoms with Crippen molar-refractivity contribution < 1.29 is 14.1 Å². The summed E-state index contributed by atoms with van der Waals surface area (Å²) in [5.41, 5.74) is 3.81. The zero-order valence-corrected chi connectivity index (χ0v) is 14.4. The number of carbonyl (C=O) groups is 1. The molecule has 0 saturated carbocycles. The van der Waals surface area contributed by atoms with Gasteiger partial charge in [0.1, 0.15) is 5.75 Å². The van der Waals surface area contributed by atoms with Gasteiger partial charge in [-0.05, 0) is 48.7 Å². The predicted octanol–water partition coefficient (Wildman–Crippen LogP) is 3.68. The van der Waals surface area contributed by atoms with E-state index in [2.05, 4.69) is 15.5 Å². The third kappa shape index (κ3) is 3.85. The van der Waals surface area contributed by atoms with Crippen molar-refractivity contribution in [2.75, 3.05) is 11.9 Å². The van der Waals surface area contributed by atoms with E-state index in [1.165, 1.54) is 0 Å². The van der Waals surface area contributed by atoms with Crippen molar-refractivity contribution in [2.45, 2.75) is 20.8 Å². The van der Waals surface area contributed by atoms with E-state index in [1.807, 2.05) is 63.2 Å². The molecule has 3 rings (SSSR count). The number of nitrogens with zero attached hydrogens (tertiary/aromatic N) is 2. The van der Waals surface area contributed by atoms with Crippen LogP contribution >= 0.6 is 0 Å². The first-order valence-electron chi connectivity index (χ1n) is 7.93. The van der Waals surface area contributed by atoms with Crippen LogP contribution in [0.3, 0.4) is 0 Å². The summed E-state index contributed by atoms with van der Waals surface area (Å²) in [7, 11) is 0. The number of hydrogen-bond acceptors (Lipinski definition) is 5. The highest BCUT2D eigenvalue weighted by Gasteiger charge is 2.14. The van der Waals surface area contributed by atoms with Gasteiger partial charge in [-0.1, -0.05) is 36.4 Å². The fourth-order valence-electron chi connectivity index (χ4n) is 2.52. The molecule has 2 aromatic carbocycles. The van der Waals surface area contributed by atoms with E-state index in [-0.39, 0.29) is 18.5 Å². The molecule has 0 atom stereocenters. The Balaban J connectivity index is 1.63. The molecule has 1 amide bonds. The fourth-order valence-corrected chi connectivity index (χ4v) is 2.52. The third-order valence-electron chi connectivity index (χ3n) is 3.81. The van der Waals surface area contributed by atoms with E-state index in [0.29, 0.717) is 11.6 Å². The number of rotatable bonds is 5. The van der Waals surface area contributed by atoms with E-state index in [1.54, 1.807) is 0 Å². The maximum absolute atomic E-state index is 12.1. The Hall–Kier alpha value is -3.15. The van der Waals surface area contributed by atoms with Gasteiger partial charge in [-0.15, -0.1) is 0 Å². The fraction of sp³-hybridized carbons (Fsp3) is 0.211. The van der Waals surface area contributed by atoms with Crippen LogP contribution in [0.25, 0.3) is 11.5 Å². The molecule has 3 aromatic rings. The van der Waals surface area contributed by atoms with Crippen molar-refractivity contribution >= 4 is 11.9 Å². The molecular formula is C19H19N3O3. The van der Waals surface area contributed by atoms with E-state index in [4.69, 9.17) is 9.26 Å². The van der Waals surface area contributed by atoms with Gasteiger partial charge >= 0.3 is 0 Å². The zero-order chi connectivity index (χ0) is 17.8. The van der Waals surface area contributed by atoms with Gasteiger partial charge in [0.2, 0.25) is 0 Å². The Labute approximate surface area is 145 Å². The van der Waals surface area contributed by atoms with E-state index >= 15 is 0 Å². The van der Waals surface area contributed by atoms with Crippen LogP contribution in [0.1, 0.15) is 16.7 Å². The first kappa shape index (κ1) is 16.7. The van der Waals surface area contributed by atoms with Crippen LogP contribution in [-0.2, 0) is 4.79 Å². The van der Waals surface area contributed by atoms with Crippen LogP contribution in [-0.4, -0.2) is 22.7 Å². The van der Waals surface area contributed by atoms with Crippen LogP contribution in [0, 0.1) is 20.8 Å². The molecule has 1 heterocycles. The molecule has 6 nitrogen and oxygen atoms in total. The van der Waals surface area contributed by atoms with Gasteiger partial charge in [-0.25, -0.2) is 0 Å². The van der Waals surface area contributed by atoms with Gasteiger partial charge in [-0.3, -0.25) is 10.1 Å². The average molecular weight is 337 g/mol. The molecule has 25 heavy (non-hydrogen) atoms. The number of aryl methyl sites for hydroxylation is 3. The lowest BCUT2D eigenvalue weighted by Gasteiger charge is -2.10. The smallest absolute Gasteiger partial charge is 0.270 e. The Morgan fingerprint density at radius 1 is 1.04 bits per heavy atom. The van der Waals surface area contributed by atoms with Gasteiger partial charge < -0.3 is 9.26 Å². The first-order valence-corrected chi connectivity index (χ1v) is 7.93. The quantitative estimate of drug-likeness (QED) is 0.768. The van der Waals surface area contributed by atoms with Crippen molar-refractivity contribution in [3.05, 3.63) is 59.2 Å². The maximum atomic E-state index is 12.1. The van der Waals surface area contributed by atoms with Crippen LogP contribution in [0.2, 0.25) is 0 Å². The van der Waals surface area contributed by atoms with E-state index in [0.717, 1.165) is 22.3 Å². The second kappa shape index (κ2) is 7.17. The number of amides is 1. The summed E-state index contributed by atoms with van der Waals surface area (Å²) in [6, 6.07) is 13.5. The normalized spacial score (nSPS) is 10.5. The minimum absolute atomic E-state index is 0.119. The largest absolute Gasteiger partial charge is 0.483 e. The maximum Gasteiger partial charge on any atom is 0.270 e. The number of anilines is 1. The Morgan fingerprint density at radius 2 is 1.72 bits per heavy atom. The van der Waals surface area contributed by atoms with Crippen LogP contribution in [0.15, 0.2) is 47.0 Å². The van der Waals surface area contributed by atoms with Gasteiger partial charge in [0.05, 0.1) is 0 Å². The summed E-state index contributed by atoms with van der Waals surface area (Å²) in [6.07, 6.45) is 0. The molecule has 1 N–H and O–H groups in total. The highest BCUT2D eigenvalue weighted by Crippen LogP contribution is 2.23. The molecule has 0 fully saturated rings. The SMILES string of the molecule is Cc1ccccc1-c1nc(NC(=O)COc2c(C)cccc2C)no1. The Bertz CT molecular complexity index is 882. The number of aromatic nitrogens is 2. The molecule has 1 aromatic heterocycles. The molecule has 0 aliphatic rings. The molecular weight excluding hydrogens is 318 g/mol. The van der Waals surface area contributed by atoms with Gasteiger partial charge in [0, 0.05) is 5.56 Å². The molecule has 6 heteroatoms. The van der Waals surface area contributed by atoms with Crippen molar-refractivity contribution in [3.8, 4) is 17.2 Å². The van der Waals surface area contributed by atoms with E-state index < -0.39 is 0 Å². The summed E-state index contributed by atoms with van der Waals surface area (Å²) >= 11 is 0. The van der Waals surface area contributed by atoms with Crippen molar-refractivity contribution in [2.24, 2.45) is 0 Å². The van der Waals surface area contributed by atoms with Gasteiger partial charge in [0.15, 0.2) is 6.61 Å². The molecule has 0 unspecified atom stereocenters. The molecule has 0 radical (unpaired) electrons. The summed E-state index contributed by atoms with van der Waals surface area (Å²) in [6.45, 7) is 5.71. The standard InChI is InChI=1S/C19H19N3O3/c1-12-7-4-5-10-15(12)18-21-19(22-25-18)20-16(23)11-24-17-13(2)8-6-9-14(17)3/h4-10H,11H2,1-3H3,(H,20,22,23). The summed E-state index contributed by atoms with van der Waals surface area (Å²) in [5.74, 6) is 0.851. The second-order valence-electron chi connectivity index (χ2n) is 5.80.